The molecule has 4 atom stereocenters. The molecule has 0 saturated carbocycles. The fourth-order valence-electron chi connectivity index (χ4n) is 3.68. The van der Waals surface area contributed by atoms with Crippen molar-refractivity contribution in [3.8, 4) is 0 Å². The third kappa shape index (κ3) is 4.59. The highest BCUT2D eigenvalue weighted by atomic mass is 35.5. The summed E-state index contributed by atoms with van der Waals surface area (Å²) in [6.07, 6.45) is -3.52. The van der Waals surface area contributed by atoms with Crippen LogP contribution in [0, 0.1) is 0 Å². The Bertz CT molecular complexity index is 1040. The second-order valence-corrected chi connectivity index (χ2v) is 7.98. The van der Waals surface area contributed by atoms with Crippen LogP contribution >= 0.6 is 11.6 Å². The molecule has 3 aromatic rings. The molecule has 1 aliphatic rings. The molecule has 2 aromatic heterocycles. The fourth-order valence-corrected chi connectivity index (χ4v) is 3.87. The summed E-state index contributed by atoms with van der Waals surface area (Å²) in [5, 5.41) is 33.1. The van der Waals surface area contributed by atoms with Gasteiger partial charge in [0.1, 0.15) is 5.69 Å². The third-order valence-corrected chi connectivity index (χ3v) is 5.53. The molecule has 1 aliphatic heterocycles. The number of aliphatic hydroxyl groups excluding tert-OH is 3. The average Bonchev–Trinajstić information content (AvgIpc) is 3.40. The number of carbonyl (C=O) groups is 2. The van der Waals surface area contributed by atoms with Crippen molar-refractivity contribution in [2.24, 2.45) is 0 Å². The summed E-state index contributed by atoms with van der Waals surface area (Å²) < 4.78 is 5.27. The van der Waals surface area contributed by atoms with Crippen molar-refractivity contribution in [3.63, 3.8) is 0 Å². The lowest BCUT2D eigenvalue weighted by Crippen LogP contribution is -2.52. The highest BCUT2D eigenvalue weighted by molar-refractivity contribution is 6.29. The monoisotopic (exact) mass is 447 g/mol. The molecule has 1 unspecified atom stereocenters. The van der Waals surface area contributed by atoms with Crippen LogP contribution in [0.3, 0.4) is 0 Å². The summed E-state index contributed by atoms with van der Waals surface area (Å²) in [7, 11) is 0. The summed E-state index contributed by atoms with van der Waals surface area (Å²) in [5.41, 5.74) is 1.96. The van der Waals surface area contributed by atoms with Gasteiger partial charge in [0, 0.05) is 25.2 Å². The fraction of sp³-hybridized carbons (Fsp3) is 0.333. The van der Waals surface area contributed by atoms with Crippen LogP contribution in [-0.2, 0) is 11.2 Å². The standard InChI is InChI=1S/C21H22ClN3O6/c22-18-8-12-17(31-18)7-14(23-12)20(29)24-13(6-11-4-2-1-3-5-11)19(28)21(30)25-9-15(26)16(27)10-25/h1-5,7-8,13,15-16,19,23,26-28H,6,9-10H2,(H,24,29)/t13-,15-,16+,19?/m0/s1. The normalized spacial score (nSPS) is 20.7. The first-order chi connectivity index (χ1) is 14.8. The Morgan fingerprint density at radius 1 is 1.19 bits per heavy atom. The van der Waals surface area contributed by atoms with E-state index in [1.54, 1.807) is 0 Å². The van der Waals surface area contributed by atoms with Crippen molar-refractivity contribution < 1.29 is 29.3 Å². The highest BCUT2D eigenvalue weighted by Crippen LogP contribution is 2.23. The number of nitrogens with zero attached hydrogens (tertiary/aromatic N) is 1. The third-order valence-electron chi connectivity index (χ3n) is 5.34. The molecule has 1 fully saturated rings. The molecule has 2 amide bonds. The van der Waals surface area contributed by atoms with Crippen LogP contribution in [0.1, 0.15) is 16.1 Å². The van der Waals surface area contributed by atoms with Gasteiger partial charge in [-0.25, -0.2) is 0 Å². The van der Waals surface area contributed by atoms with Crippen LogP contribution < -0.4 is 5.32 Å². The maximum atomic E-state index is 12.8. The molecule has 4 rings (SSSR count). The van der Waals surface area contributed by atoms with Crippen LogP contribution in [0.15, 0.2) is 46.9 Å². The van der Waals surface area contributed by atoms with Crippen molar-refractivity contribution in [2.75, 3.05) is 13.1 Å². The van der Waals surface area contributed by atoms with E-state index in [0.29, 0.717) is 11.1 Å². The van der Waals surface area contributed by atoms with Crippen LogP contribution in [0.4, 0.5) is 0 Å². The minimum Gasteiger partial charge on any atom is -0.443 e. The molecule has 1 saturated heterocycles. The van der Waals surface area contributed by atoms with Crippen LogP contribution in [0.5, 0.6) is 0 Å². The maximum absolute atomic E-state index is 12.8. The first-order valence-corrected chi connectivity index (χ1v) is 10.2. The van der Waals surface area contributed by atoms with Crippen LogP contribution in [-0.4, -0.2) is 74.5 Å². The molecule has 0 spiro atoms. The van der Waals surface area contributed by atoms with E-state index in [2.05, 4.69) is 10.3 Å². The van der Waals surface area contributed by atoms with Gasteiger partial charge in [0.15, 0.2) is 16.9 Å². The zero-order chi connectivity index (χ0) is 22.1. The lowest BCUT2D eigenvalue weighted by atomic mass is 10.00. The smallest absolute Gasteiger partial charge is 0.268 e. The van der Waals surface area contributed by atoms with E-state index in [1.165, 1.54) is 17.0 Å². The predicted molar refractivity (Wildman–Crippen MR) is 112 cm³/mol. The quantitative estimate of drug-likeness (QED) is 0.376. The second-order valence-electron chi connectivity index (χ2n) is 7.60. The van der Waals surface area contributed by atoms with Crippen molar-refractivity contribution in [1.82, 2.24) is 15.2 Å². The Kier molecular flexibility index (Phi) is 6.01. The van der Waals surface area contributed by atoms with Gasteiger partial charge in [0.25, 0.3) is 11.8 Å². The molecule has 3 heterocycles. The van der Waals surface area contributed by atoms with Gasteiger partial charge in [-0.1, -0.05) is 30.3 Å². The minimum absolute atomic E-state index is 0.0865. The first-order valence-electron chi connectivity index (χ1n) is 9.77. The number of hydrogen-bond donors (Lipinski definition) is 5. The molecule has 31 heavy (non-hydrogen) atoms. The number of nitrogens with one attached hydrogen (secondary N) is 2. The molecule has 1 aromatic carbocycles. The molecule has 164 valence electrons. The number of hydrogen-bond acceptors (Lipinski definition) is 6. The summed E-state index contributed by atoms with van der Waals surface area (Å²) in [5.74, 6) is -1.21. The zero-order valence-electron chi connectivity index (χ0n) is 16.4. The van der Waals surface area contributed by atoms with E-state index in [-0.39, 0.29) is 30.4 Å². The number of H-pyrrole nitrogens is 1. The maximum Gasteiger partial charge on any atom is 0.268 e. The SMILES string of the molecule is O=C(N[C@@H](Cc1ccccc1)C(O)C(=O)N1C[C@@H](O)[C@@H](O)C1)c1cc2oc(Cl)cc2[nH]1. The Labute approximate surface area is 182 Å². The lowest BCUT2D eigenvalue weighted by molar-refractivity contribution is -0.141. The number of likely N-dealkylation sites (tertiary alicyclic amines) is 1. The van der Waals surface area contributed by atoms with Crippen molar-refractivity contribution in [3.05, 3.63) is 58.9 Å². The Morgan fingerprint density at radius 2 is 1.87 bits per heavy atom. The van der Waals surface area contributed by atoms with Gasteiger partial charge in [0.05, 0.1) is 23.8 Å². The molecule has 9 nitrogen and oxygen atoms in total. The summed E-state index contributed by atoms with van der Waals surface area (Å²) in [6.45, 7) is -0.173. The number of aromatic nitrogens is 1. The molecule has 0 bridgehead atoms. The van der Waals surface area contributed by atoms with Crippen molar-refractivity contribution >= 4 is 34.5 Å². The molecular weight excluding hydrogens is 426 g/mol. The molecule has 10 heteroatoms. The van der Waals surface area contributed by atoms with E-state index in [1.807, 2.05) is 30.3 Å². The van der Waals surface area contributed by atoms with E-state index in [0.717, 1.165) is 5.56 Å². The lowest BCUT2D eigenvalue weighted by Gasteiger charge is -2.27. The largest absolute Gasteiger partial charge is 0.443 e. The van der Waals surface area contributed by atoms with Gasteiger partial charge in [-0.15, -0.1) is 0 Å². The van der Waals surface area contributed by atoms with Gasteiger partial charge in [0.2, 0.25) is 0 Å². The first kappa shape index (κ1) is 21.4. The van der Waals surface area contributed by atoms with Crippen molar-refractivity contribution in [1.29, 1.82) is 0 Å². The van der Waals surface area contributed by atoms with Crippen LogP contribution in [0.25, 0.3) is 11.1 Å². The van der Waals surface area contributed by atoms with E-state index < -0.39 is 36.2 Å². The Hall–Kier alpha value is -2.85. The van der Waals surface area contributed by atoms with Gasteiger partial charge in [-0.2, -0.15) is 0 Å². The van der Waals surface area contributed by atoms with Gasteiger partial charge < -0.3 is 34.9 Å². The van der Waals surface area contributed by atoms with Gasteiger partial charge in [-0.3, -0.25) is 9.59 Å². The van der Waals surface area contributed by atoms with E-state index in [9.17, 15) is 24.9 Å². The zero-order valence-corrected chi connectivity index (χ0v) is 17.1. The van der Waals surface area contributed by atoms with Crippen molar-refractivity contribution in [2.45, 2.75) is 30.8 Å². The predicted octanol–water partition coefficient (Wildman–Crippen LogP) is 0.680. The minimum atomic E-state index is -1.57. The number of amides is 2. The van der Waals surface area contributed by atoms with E-state index in [4.69, 9.17) is 16.0 Å². The van der Waals surface area contributed by atoms with Gasteiger partial charge in [-0.05, 0) is 23.6 Å². The topological polar surface area (TPSA) is 139 Å². The number of halogens is 1. The highest BCUT2D eigenvalue weighted by Gasteiger charge is 2.38. The Balaban J connectivity index is 1.53. The summed E-state index contributed by atoms with van der Waals surface area (Å²) >= 11 is 5.79. The molecule has 0 radical (unpaired) electrons. The molecular formula is C21H22ClN3O6. The number of aromatic amines is 1. The van der Waals surface area contributed by atoms with Gasteiger partial charge >= 0.3 is 0 Å². The number of furan rings is 1. The number of aliphatic hydroxyl groups is 3. The average molecular weight is 448 g/mol. The second kappa shape index (κ2) is 8.72. The Morgan fingerprint density at radius 3 is 2.52 bits per heavy atom. The number of β-amino-alcohol motifs (C(OH)–C–C–N with tert-alkyl or cyclic N) is 2. The number of carbonyl (C=O) groups excluding carboxylic acids is 2. The molecule has 5 N–H and O–H groups in total. The number of rotatable bonds is 6. The summed E-state index contributed by atoms with van der Waals surface area (Å²) in [4.78, 5) is 29.7. The number of benzene rings is 1. The molecule has 0 aliphatic carbocycles. The number of fused-ring (bicyclic) bond motifs is 1. The van der Waals surface area contributed by atoms with E-state index >= 15 is 0 Å². The van der Waals surface area contributed by atoms with Crippen LogP contribution in [0.2, 0.25) is 5.22 Å². The summed E-state index contributed by atoms with van der Waals surface area (Å²) in [6, 6.07) is 11.2.